The molecule has 0 spiro atoms. The molecule has 0 heterocycles. The fourth-order valence-corrected chi connectivity index (χ4v) is 5.78. The molecule has 1 unspecified atom stereocenters. The Balaban J connectivity index is 2.18. The van der Waals surface area contributed by atoms with Gasteiger partial charge in [-0.1, -0.05) is 0 Å². The maximum absolute atomic E-state index is 2.43. The van der Waals surface area contributed by atoms with Crippen molar-refractivity contribution in [2.24, 2.45) is 0 Å². The van der Waals surface area contributed by atoms with Gasteiger partial charge in [-0.05, 0) is 0 Å². The third-order valence-electron chi connectivity index (χ3n) is 5.14. The summed E-state index contributed by atoms with van der Waals surface area (Å²) < 4.78 is 0.289. The van der Waals surface area contributed by atoms with E-state index in [1.807, 2.05) is 0 Å². The molecular weight excluding hydrogens is 395 g/mol. The van der Waals surface area contributed by atoms with Gasteiger partial charge in [0.05, 0.1) is 0 Å². The second-order valence-electron chi connectivity index (χ2n) is 5.77. The van der Waals surface area contributed by atoms with Gasteiger partial charge < -0.3 is 0 Å². The van der Waals surface area contributed by atoms with Crippen molar-refractivity contribution in [3.63, 3.8) is 0 Å². The zero-order valence-corrected chi connectivity index (χ0v) is 15.6. The zero-order valence-electron chi connectivity index (χ0n) is 12.0. The molecule has 1 aromatic carbocycles. The summed E-state index contributed by atoms with van der Waals surface area (Å²) >= 11 is 1.17. The Labute approximate surface area is 130 Å². The first-order valence-electron chi connectivity index (χ1n) is 6.86. The summed E-state index contributed by atoms with van der Waals surface area (Å²) in [5, 5.41) is 0. The van der Waals surface area contributed by atoms with E-state index < -0.39 is 0 Å². The van der Waals surface area contributed by atoms with Crippen molar-refractivity contribution in [1.82, 2.24) is 0 Å². The molecule has 0 nitrogen and oxygen atoms in total. The summed E-state index contributed by atoms with van der Waals surface area (Å²) in [4.78, 5) is 0. The van der Waals surface area contributed by atoms with E-state index in [-0.39, 0.29) is 3.17 Å². The summed E-state index contributed by atoms with van der Waals surface area (Å²) in [6, 6.07) is 8.87. The second-order valence-corrected chi connectivity index (χ2v) is 8.61. The van der Waals surface area contributed by atoms with Gasteiger partial charge in [0.2, 0.25) is 0 Å². The minimum absolute atomic E-state index is 0.289. The van der Waals surface area contributed by atoms with Crippen LogP contribution in [0.2, 0.25) is 3.17 Å². The van der Waals surface area contributed by atoms with Gasteiger partial charge in [-0.3, -0.25) is 0 Å². The molecule has 19 heavy (non-hydrogen) atoms. The number of hydrogen-bond acceptors (Lipinski definition) is 0. The quantitative estimate of drug-likeness (QED) is 0.556. The van der Waals surface area contributed by atoms with Crippen LogP contribution in [0.4, 0.5) is 0 Å². The van der Waals surface area contributed by atoms with Crippen LogP contribution in [0.5, 0.6) is 0 Å². The molecule has 1 aromatic rings. The summed E-state index contributed by atoms with van der Waals surface area (Å²) in [6.45, 7) is 9.27. The van der Waals surface area contributed by atoms with Crippen molar-refractivity contribution >= 4 is 6.08 Å². The fourth-order valence-electron chi connectivity index (χ4n) is 3.53. The van der Waals surface area contributed by atoms with Crippen molar-refractivity contribution in [3.05, 3.63) is 63.8 Å². The molecule has 3 rings (SSSR count). The van der Waals surface area contributed by atoms with Crippen LogP contribution < -0.4 is 0 Å². The number of rotatable bonds is 1. The molecule has 0 saturated heterocycles. The molecule has 0 bridgehead atoms. The van der Waals surface area contributed by atoms with E-state index in [4.69, 9.17) is 0 Å². The number of hydrogen-bond donors (Lipinski definition) is 0. The molecule has 0 radical (unpaired) electrons. The first kappa shape index (κ1) is 13.3. The van der Waals surface area contributed by atoms with Crippen molar-refractivity contribution in [1.29, 1.82) is 0 Å². The van der Waals surface area contributed by atoms with Crippen LogP contribution in [0.25, 0.3) is 6.08 Å². The van der Waals surface area contributed by atoms with Crippen molar-refractivity contribution in [3.8, 4) is 0 Å². The first-order chi connectivity index (χ1) is 8.98. The van der Waals surface area contributed by atoms with Gasteiger partial charge in [-0.15, -0.1) is 0 Å². The molecule has 0 aliphatic heterocycles. The number of benzene rings is 1. The third-order valence-corrected chi connectivity index (χ3v) is 8.95. The molecule has 0 amide bonds. The van der Waals surface area contributed by atoms with E-state index in [2.05, 4.69) is 64.1 Å². The average Bonchev–Trinajstić information content (AvgIpc) is 2.92. The van der Waals surface area contributed by atoms with Crippen LogP contribution in [-0.2, 0) is 24.4 Å². The third kappa shape index (κ3) is 1.67. The Morgan fingerprint density at radius 2 is 1.53 bits per heavy atom. The van der Waals surface area contributed by atoms with Crippen LogP contribution >= 0.6 is 0 Å². The Morgan fingerprint density at radius 1 is 0.947 bits per heavy atom. The van der Waals surface area contributed by atoms with Crippen LogP contribution in [0, 0.1) is 0 Å². The molecule has 1 atom stereocenters. The van der Waals surface area contributed by atoms with Gasteiger partial charge >= 0.3 is 131 Å². The van der Waals surface area contributed by atoms with E-state index in [1.54, 1.807) is 11.1 Å². The second kappa shape index (κ2) is 4.41. The molecule has 1 heteroatoms. The Kier molecular flexibility index (Phi) is 3.09. The van der Waals surface area contributed by atoms with Gasteiger partial charge in [-0.25, -0.2) is 0 Å². The molecule has 0 aromatic heterocycles. The summed E-state index contributed by atoms with van der Waals surface area (Å²) in [5.41, 5.74) is 9.15. The van der Waals surface area contributed by atoms with Gasteiger partial charge in [0.25, 0.3) is 0 Å². The predicted octanol–water partition coefficient (Wildman–Crippen LogP) is 5.19. The number of fused-ring (bicyclic) bond motifs is 1. The molecule has 95 valence electrons. The first-order valence-corrected chi connectivity index (χ1v) is 8.66. The normalized spacial score (nSPS) is 24.3. The summed E-state index contributed by atoms with van der Waals surface area (Å²) in [7, 11) is 0. The Hall–Kier alpha value is -0.690. The molecule has 2 aliphatic rings. The minimum atomic E-state index is 0.289. The van der Waals surface area contributed by atoms with Gasteiger partial charge in [-0.2, -0.15) is 0 Å². The standard InChI is InChI=1S/C18H19.Hf/c1-11-12(2)14(4)18(13(11)3)17-10-9-15-7-5-6-8-16(15)17;/h5-10,17H,1-4H3;. The Morgan fingerprint density at radius 3 is 2.16 bits per heavy atom. The van der Waals surface area contributed by atoms with Crippen molar-refractivity contribution < 1.29 is 24.4 Å². The maximum atomic E-state index is 2.43. The summed E-state index contributed by atoms with van der Waals surface area (Å²) in [5.74, 6) is 0.544. The molecule has 0 fully saturated rings. The van der Waals surface area contributed by atoms with E-state index in [9.17, 15) is 0 Å². The molecular formula is C18H19Hf. The summed E-state index contributed by atoms with van der Waals surface area (Å²) in [6.07, 6.45) is 4.74. The van der Waals surface area contributed by atoms with E-state index in [0.717, 1.165) is 0 Å². The van der Waals surface area contributed by atoms with E-state index in [0.29, 0.717) is 5.92 Å². The van der Waals surface area contributed by atoms with Gasteiger partial charge in [0.1, 0.15) is 0 Å². The van der Waals surface area contributed by atoms with E-state index in [1.165, 1.54) is 46.6 Å². The topological polar surface area (TPSA) is 0 Å². The zero-order chi connectivity index (χ0) is 13.8. The monoisotopic (exact) mass is 415 g/mol. The van der Waals surface area contributed by atoms with Crippen LogP contribution in [0.15, 0.2) is 52.6 Å². The molecule has 0 saturated carbocycles. The van der Waals surface area contributed by atoms with Crippen molar-refractivity contribution in [2.45, 2.75) is 36.8 Å². The van der Waals surface area contributed by atoms with Crippen molar-refractivity contribution in [2.75, 3.05) is 0 Å². The van der Waals surface area contributed by atoms with Crippen LogP contribution in [-0.4, -0.2) is 0 Å². The SMILES string of the molecule is CC1=C(C)[C]([Hf])(C2C=Cc3ccccc32)C(C)=C1C. The Bertz CT molecular complexity index is 619. The molecule has 2 aliphatic carbocycles. The fraction of sp³-hybridized carbons (Fsp3) is 0.333. The average molecular weight is 414 g/mol. The van der Waals surface area contributed by atoms with E-state index >= 15 is 0 Å². The van der Waals surface area contributed by atoms with Crippen LogP contribution in [0.3, 0.4) is 0 Å². The molecule has 0 N–H and O–H groups in total. The van der Waals surface area contributed by atoms with Gasteiger partial charge in [0, 0.05) is 0 Å². The van der Waals surface area contributed by atoms with Gasteiger partial charge in [0.15, 0.2) is 0 Å². The predicted molar refractivity (Wildman–Crippen MR) is 77.7 cm³/mol. The number of allylic oxidation sites excluding steroid dienone is 5. The van der Waals surface area contributed by atoms with Crippen LogP contribution in [0.1, 0.15) is 44.7 Å².